The second-order valence-electron chi connectivity index (χ2n) is 10.1. The highest BCUT2D eigenvalue weighted by Gasteiger charge is 2.45. The molecule has 0 saturated carbocycles. The van der Waals surface area contributed by atoms with E-state index >= 15 is 0 Å². The van der Waals surface area contributed by atoms with Gasteiger partial charge in [-0.15, -0.1) is 0 Å². The molecule has 4 rings (SSSR count). The Labute approximate surface area is 205 Å². The lowest BCUT2D eigenvalue weighted by Crippen LogP contribution is -2.62. The number of benzene rings is 3. The van der Waals surface area contributed by atoms with Gasteiger partial charge in [-0.05, 0) is 55.9 Å². The monoisotopic (exact) mass is 455 g/mol. The van der Waals surface area contributed by atoms with Crippen LogP contribution in [0.25, 0.3) is 0 Å². The Morgan fingerprint density at radius 1 is 0.912 bits per heavy atom. The van der Waals surface area contributed by atoms with E-state index in [4.69, 9.17) is 0 Å². The highest BCUT2D eigenvalue weighted by molar-refractivity contribution is 5.95. The van der Waals surface area contributed by atoms with Crippen LogP contribution in [0.1, 0.15) is 59.9 Å². The lowest BCUT2D eigenvalue weighted by Gasteiger charge is -2.49. The molecule has 0 spiro atoms. The summed E-state index contributed by atoms with van der Waals surface area (Å²) in [4.78, 5) is 13.9. The zero-order chi connectivity index (χ0) is 24.1. The van der Waals surface area contributed by atoms with E-state index in [1.165, 1.54) is 23.1 Å². The van der Waals surface area contributed by atoms with Crippen molar-refractivity contribution < 1.29 is 9.28 Å². The number of carbonyl (C=O) groups is 1. The number of nitrogens with one attached hydrogen (secondary N) is 1. The topological polar surface area (TPSA) is 29.1 Å². The zero-order valence-electron chi connectivity index (χ0n) is 21.2. The molecule has 0 aliphatic carbocycles. The van der Waals surface area contributed by atoms with Gasteiger partial charge in [0.25, 0.3) is 5.91 Å². The first-order chi connectivity index (χ1) is 16.4. The largest absolute Gasteiger partial charge is 0.320 e. The van der Waals surface area contributed by atoms with E-state index < -0.39 is 0 Å². The summed E-state index contributed by atoms with van der Waals surface area (Å²) in [5.74, 6) is 0.628. The molecule has 3 aromatic carbocycles. The molecule has 178 valence electrons. The number of nitrogens with zero attached hydrogens (tertiary/aromatic N) is 1. The lowest BCUT2D eigenvalue weighted by atomic mass is 9.86. The van der Waals surface area contributed by atoms with Crippen molar-refractivity contribution in [3.63, 3.8) is 0 Å². The summed E-state index contributed by atoms with van der Waals surface area (Å²) in [5, 5.41) is 3.35. The average molecular weight is 456 g/mol. The molecule has 3 atom stereocenters. The quantitative estimate of drug-likeness (QED) is 0.385. The number of amides is 1. The maximum absolute atomic E-state index is 13.9. The summed E-state index contributed by atoms with van der Waals surface area (Å²) in [5.41, 5.74) is 7.28. The average Bonchev–Trinajstić information content (AvgIpc) is 2.84. The molecule has 1 saturated heterocycles. The number of para-hydroxylation sites is 1. The van der Waals surface area contributed by atoms with Gasteiger partial charge in [0, 0.05) is 23.6 Å². The molecule has 34 heavy (non-hydrogen) atoms. The number of carbonyl (C=O) groups excluding carboxylic acids is 1. The fourth-order valence-corrected chi connectivity index (χ4v) is 5.97. The van der Waals surface area contributed by atoms with Crippen molar-refractivity contribution in [1.29, 1.82) is 0 Å². The molecule has 1 amide bonds. The van der Waals surface area contributed by atoms with E-state index in [9.17, 15) is 4.79 Å². The zero-order valence-corrected chi connectivity index (χ0v) is 21.2. The van der Waals surface area contributed by atoms with Crippen LogP contribution in [-0.2, 0) is 11.3 Å². The van der Waals surface area contributed by atoms with Crippen molar-refractivity contribution in [2.45, 2.75) is 65.5 Å². The van der Waals surface area contributed by atoms with Gasteiger partial charge in [0.15, 0.2) is 6.04 Å². The normalized spacial score (nSPS) is 21.1. The molecule has 0 aromatic heterocycles. The molecular formula is C31H39N2O+. The van der Waals surface area contributed by atoms with E-state index in [2.05, 4.69) is 106 Å². The van der Waals surface area contributed by atoms with E-state index in [1.54, 1.807) is 0 Å². The second kappa shape index (κ2) is 10.6. The fraction of sp³-hybridized carbons (Fsp3) is 0.387. The van der Waals surface area contributed by atoms with Gasteiger partial charge in [-0.2, -0.15) is 0 Å². The Morgan fingerprint density at radius 2 is 1.56 bits per heavy atom. The number of likely N-dealkylation sites (tertiary alicyclic amines) is 1. The summed E-state index contributed by atoms with van der Waals surface area (Å²) in [7, 11) is 0. The first-order valence-corrected chi connectivity index (χ1v) is 12.8. The van der Waals surface area contributed by atoms with Crippen LogP contribution >= 0.6 is 0 Å². The third-order valence-corrected chi connectivity index (χ3v) is 7.84. The van der Waals surface area contributed by atoms with E-state index in [-0.39, 0.29) is 11.9 Å². The van der Waals surface area contributed by atoms with Crippen LogP contribution in [0.5, 0.6) is 0 Å². The second-order valence-corrected chi connectivity index (χ2v) is 10.1. The van der Waals surface area contributed by atoms with E-state index in [0.717, 1.165) is 53.8 Å². The molecule has 1 fully saturated rings. The third-order valence-electron chi connectivity index (χ3n) is 7.84. The van der Waals surface area contributed by atoms with Gasteiger partial charge in [-0.25, -0.2) is 0 Å². The summed E-state index contributed by atoms with van der Waals surface area (Å²) in [6, 6.07) is 25.7. The van der Waals surface area contributed by atoms with Gasteiger partial charge in [0.05, 0.1) is 13.1 Å². The van der Waals surface area contributed by atoms with Crippen molar-refractivity contribution in [2.75, 3.05) is 18.4 Å². The fourth-order valence-electron chi connectivity index (χ4n) is 5.97. The van der Waals surface area contributed by atoms with Crippen molar-refractivity contribution >= 4 is 11.6 Å². The van der Waals surface area contributed by atoms with Crippen molar-refractivity contribution in [3.05, 3.63) is 101 Å². The number of hydrogen-bond acceptors (Lipinski definition) is 1. The van der Waals surface area contributed by atoms with Gasteiger partial charge < -0.3 is 9.80 Å². The Bertz CT molecular complexity index is 1100. The SMILES string of the molecule is CCC(C(=O)Nc1c(C)cccc1C)[N+]1(Cc2ccccc2C)CCCC(c2ccccc2)C1. The molecule has 3 aromatic rings. The molecule has 1 N–H and O–H groups in total. The molecule has 3 heteroatoms. The predicted octanol–water partition coefficient (Wildman–Crippen LogP) is 6.92. The van der Waals surface area contributed by atoms with Crippen LogP contribution in [0.3, 0.4) is 0 Å². The number of rotatable bonds is 7. The van der Waals surface area contributed by atoms with Crippen molar-refractivity contribution in [1.82, 2.24) is 0 Å². The molecular weight excluding hydrogens is 416 g/mol. The minimum atomic E-state index is -0.0925. The number of quaternary nitrogens is 1. The Balaban J connectivity index is 1.71. The summed E-state index contributed by atoms with van der Waals surface area (Å²) < 4.78 is 0.817. The minimum Gasteiger partial charge on any atom is -0.320 e. The number of piperidine rings is 1. The van der Waals surface area contributed by atoms with Crippen LogP contribution in [0.2, 0.25) is 0 Å². The first kappa shape index (κ1) is 24.2. The van der Waals surface area contributed by atoms with Crippen LogP contribution < -0.4 is 5.32 Å². The first-order valence-electron chi connectivity index (χ1n) is 12.8. The molecule has 3 nitrogen and oxygen atoms in total. The van der Waals surface area contributed by atoms with Crippen molar-refractivity contribution in [2.24, 2.45) is 0 Å². The Morgan fingerprint density at radius 3 is 2.24 bits per heavy atom. The van der Waals surface area contributed by atoms with Crippen LogP contribution in [0.4, 0.5) is 5.69 Å². The number of anilines is 1. The van der Waals surface area contributed by atoms with Crippen LogP contribution in [0, 0.1) is 20.8 Å². The summed E-state index contributed by atoms with van der Waals surface area (Å²) in [6.45, 7) is 11.5. The van der Waals surface area contributed by atoms with Gasteiger partial charge in [-0.3, -0.25) is 4.79 Å². The van der Waals surface area contributed by atoms with Gasteiger partial charge in [0.1, 0.15) is 6.54 Å². The summed E-state index contributed by atoms with van der Waals surface area (Å²) in [6.07, 6.45) is 3.15. The number of hydrogen-bond donors (Lipinski definition) is 1. The van der Waals surface area contributed by atoms with E-state index in [0.29, 0.717) is 5.92 Å². The maximum atomic E-state index is 13.9. The molecule has 1 aliphatic heterocycles. The highest BCUT2D eigenvalue weighted by Crippen LogP contribution is 2.37. The van der Waals surface area contributed by atoms with Gasteiger partial charge in [0.2, 0.25) is 0 Å². The molecule has 1 aliphatic rings. The van der Waals surface area contributed by atoms with Crippen LogP contribution in [-0.4, -0.2) is 29.5 Å². The smallest absolute Gasteiger partial charge is 0.282 e. The predicted molar refractivity (Wildman–Crippen MR) is 142 cm³/mol. The van der Waals surface area contributed by atoms with Gasteiger partial charge >= 0.3 is 0 Å². The van der Waals surface area contributed by atoms with Gasteiger partial charge in [-0.1, -0.05) is 79.7 Å². The molecule has 3 unspecified atom stereocenters. The lowest BCUT2D eigenvalue weighted by molar-refractivity contribution is -0.960. The molecule has 0 radical (unpaired) electrons. The Kier molecular flexibility index (Phi) is 7.53. The highest BCUT2D eigenvalue weighted by atomic mass is 16.2. The van der Waals surface area contributed by atoms with E-state index in [1.807, 2.05) is 0 Å². The molecule has 0 bridgehead atoms. The standard InChI is InChI=1S/C31H38N2O/c1-5-29(31(34)32-30-24(3)14-11-15-25(30)4)33(21-27-18-10-9-13-23(27)2)20-12-19-28(22-33)26-16-7-6-8-17-26/h6-11,13-18,28-29H,5,12,19-22H2,1-4H3/p+1. The minimum absolute atomic E-state index is 0.0925. The number of aryl methyl sites for hydroxylation is 3. The van der Waals surface area contributed by atoms with Crippen LogP contribution in [0.15, 0.2) is 72.8 Å². The third kappa shape index (κ3) is 5.10. The maximum Gasteiger partial charge on any atom is 0.282 e. The Hall–Kier alpha value is -2.91. The van der Waals surface area contributed by atoms with Crippen molar-refractivity contribution in [3.8, 4) is 0 Å². The molecule has 1 heterocycles. The summed E-state index contributed by atoms with van der Waals surface area (Å²) >= 11 is 0.